The summed E-state index contributed by atoms with van der Waals surface area (Å²) in [4.78, 5) is 17.0. The molecule has 0 radical (unpaired) electrons. The molecule has 3 aromatic heterocycles. The van der Waals surface area contributed by atoms with E-state index in [0.717, 1.165) is 42.5 Å². The number of pyridine rings is 1. The first-order valence-electron chi connectivity index (χ1n) is 9.07. The van der Waals surface area contributed by atoms with E-state index in [1.807, 2.05) is 30.6 Å². The number of nitrogens with zero attached hydrogens (tertiary/aromatic N) is 3. The highest BCUT2D eigenvalue weighted by atomic mass is 32.1. The van der Waals surface area contributed by atoms with Gasteiger partial charge >= 0.3 is 0 Å². The van der Waals surface area contributed by atoms with Crippen molar-refractivity contribution in [3.05, 3.63) is 57.7 Å². The Bertz CT molecular complexity index is 887. The fourth-order valence-corrected chi connectivity index (χ4v) is 4.21. The van der Waals surface area contributed by atoms with Crippen LogP contribution in [0.5, 0.6) is 0 Å². The average molecular weight is 384 g/mol. The summed E-state index contributed by atoms with van der Waals surface area (Å²) in [5, 5.41) is 4.38. The van der Waals surface area contributed by atoms with Crippen LogP contribution in [0.25, 0.3) is 11.3 Å². The van der Waals surface area contributed by atoms with E-state index in [2.05, 4.69) is 21.7 Å². The number of thiophene rings is 1. The third-order valence-corrected chi connectivity index (χ3v) is 5.64. The molecule has 4 N–H and O–H groups in total. The summed E-state index contributed by atoms with van der Waals surface area (Å²) in [6.45, 7) is 3.57. The first-order valence-corrected chi connectivity index (χ1v) is 9.89. The van der Waals surface area contributed by atoms with Crippen molar-refractivity contribution in [1.82, 2.24) is 14.8 Å². The molecule has 0 aliphatic carbocycles. The molecule has 6 nitrogen and oxygen atoms in total. The number of aldehydes is 1. The number of rotatable bonds is 4. The second-order valence-corrected chi connectivity index (χ2v) is 7.84. The first kappa shape index (κ1) is 19.4. The molecule has 0 bridgehead atoms. The van der Waals surface area contributed by atoms with E-state index in [1.54, 1.807) is 17.5 Å². The second-order valence-electron chi connectivity index (χ2n) is 6.67. The highest BCUT2D eigenvalue weighted by Gasteiger charge is 2.19. The van der Waals surface area contributed by atoms with Gasteiger partial charge in [0.15, 0.2) is 6.29 Å². The molecule has 1 aliphatic rings. The fourth-order valence-electron chi connectivity index (χ4n) is 3.19. The van der Waals surface area contributed by atoms with Crippen LogP contribution in [0.4, 0.5) is 0 Å². The molecule has 1 unspecified atom stereocenters. The summed E-state index contributed by atoms with van der Waals surface area (Å²) in [5.41, 5.74) is 15.8. The molecular formula is C20H25N5OS. The highest BCUT2D eigenvalue weighted by molar-refractivity contribution is 7.14. The molecule has 0 amide bonds. The van der Waals surface area contributed by atoms with Crippen LogP contribution >= 0.6 is 11.3 Å². The zero-order chi connectivity index (χ0) is 19.2. The van der Waals surface area contributed by atoms with Gasteiger partial charge in [-0.25, -0.2) is 0 Å². The summed E-state index contributed by atoms with van der Waals surface area (Å²) in [5.74, 6) is 0. The van der Waals surface area contributed by atoms with Crippen LogP contribution in [0, 0.1) is 6.92 Å². The Morgan fingerprint density at radius 3 is 2.96 bits per heavy atom. The van der Waals surface area contributed by atoms with Gasteiger partial charge in [0, 0.05) is 42.0 Å². The maximum Gasteiger partial charge on any atom is 0.160 e. The van der Waals surface area contributed by atoms with Gasteiger partial charge in [-0.3, -0.25) is 14.5 Å². The van der Waals surface area contributed by atoms with Gasteiger partial charge in [-0.2, -0.15) is 5.10 Å². The molecule has 1 atom stereocenters. The lowest BCUT2D eigenvalue weighted by Crippen LogP contribution is -2.31. The van der Waals surface area contributed by atoms with Gasteiger partial charge in [-0.15, -0.1) is 11.3 Å². The van der Waals surface area contributed by atoms with Gasteiger partial charge in [-0.1, -0.05) is 6.07 Å². The fraction of sp³-hybridized carbons (Fsp3) is 0.350. The number of aromatic nitrogens is 3. The van der Waals surface area contributed by atoms with E-state index in [9.17, 15) is 4.79 Å². The molecule has 3 aromatic rings. The van der Waals surface area contributed by atoms with Crippen LogP contribution in [0.1, 0.15) is 32.1 Å². The summed E-state index contributed by atoms with van der Waals surface area (Å²) >= 11 is 1.62. The van der Waals surface area contributed by atoms with Crippen molar-refractivity contribution in [3.63, 3.8) is 0 Å². The SMILES string of the molecule is Cc1cnn2c1-c1cc(C=O)sc1CCC2.NCC(N)Cc1cccnc1. The number of fused-ring (bicyclic) bond motifs is 3. The molecule has 0 spiro atoms. The summed E-state index contributed by atoms with van der Waals surface area (Å²) in [7, 11) is 0. The predicted molar refractivity (Wildman–Crippen MR) is 109 cm³/mol. The molecular weight excluding hydrogens is 358 g/mol. The minimum atomic E-state index is 0.0548. The van der Waals surface area contributed by atoms with Crippen molar-refractivity contribution in [1.29, 1.82) is 0 Å². The molecule has 7 heteroatoms. The third kappa shape index (κ3) is 4.68. The Kier molecular flexibility index (Phi) is 6.49. The Morgan fingerprint density at radius 1 is 1.41 bits per heavy atom. The largest absolute Gasteiger partial charge is 0.329 e. The van der Waals surface area contributed by atoms with Gasteiger partial charge in [0.1, 0.15) is 0 Å². The van der Waals surface area contributed by atoms with E-state index < -0.39 is 0 Å². The van der Waals surface area contributed by atoms with Crippen molar-refractivity contribution in [2.24, 2.45) is 11.5 Å². The number of nitrogens with two attached hydrogens (primary N) is 2. The zero-order valence-electron chi connectivity index (χ0n) is 15.5. The van der Waals surface area contributed by atoms with Gasteiger partial charge in [0.05, 0.1) is 16.8 Å². The van der Waals surface area contributed by atoms with Crippen molar-refractivity contribution in [2.75, 3.05) is 6.54 Å². The van der Waals surface area contributed by atoms with E-state index in [-0.39, 0.29) is 6.04 Å². The lowest BCUT2D eigenvalue weighted by atomic mass is 10.1. The van der Waals surface area contributed by atoms with E-state index in [1.165, 1.54) is 21.7 Å². The number of aryl methyl sites for hydroxylation is 3. The number of carbonyl (C=O) groups excluding carboxylic acids is 1. The summed E-state index contributed by atoms with van der Waals surface area (Å²) < 4.78 is 2.06. The predicted octanol–water partition coefficient (Wildman–Crippen LogP) is 2.59. The van der Waals surface area contributed by atoms with Crippen LogP contribution in [0.3, 0.4) is 0 Å². The maximum absolute atomic E-state index is 10.8. The minimum absolute atomic E-state index is 0.0548. The first-order chi connectivity index (χ1) is 13.1. The zero-order valence-corrected chi connectivity index (χ0v) is 16.3. The molecule has 0 saturated heterocycles. The van der Waals surface area contributed by atoms with Gasteiger partial charge < -0.3 is 11.5 Å². The van der Waals surface area contributed by atoms with Crippen LogP contribution in [0.15, 0.2) is 36.8 Å². The Hall–Kier alpha value is -2.35. The topological polar surface area (TPSA) is 99.8 Å². The summed E-state index contributed by atoms with van der Waals surface area (Å²) in [6.07, 6.45) is 9.37. The molecule has 0 fully saturated rings. The molecule has 4 rings (SSSR count). The smallest absolute Gasteiger partial charge is 0.160 e. The molecule has 0 saturated carbocycles. The van der Waals surface area contributed by atoms with Crippen molar-refractivity contribution in [3.8, 4) is 11.3 Å². The van der Waals surface area contributed by atoms with Gasteiger partial charge in [-0.05, 0) is 49.4 Å². The third-order valence-electron chi connectivity index (χ3n) is 4.52. The van der Waals surface area contributed by atoms with E-state index in [4.69, 9.17) is 11.5 Å². The Morgan fingerprint density at radius 2 is 2.26 bits per heavy atom. The maximum atomic E-state index is 10.8. The van der Waals surface area contributed by atoms with Crippen molar-refractivity contribution in [2.45, 2.75) is 38.8 Å². The lowest BCUT2D eigenvalue weighted by Gasteiger charge is -2.06. The Balaban J connectivity index is 0.000000168. The van der Waals surface area contributed by atoms with Crippen LogP contribution in [0.2, 0.25) is 0 Å². The Labute approximate surface area is 163 Å². The van der Waals surface area contributed by atoms with Crippen LogP contribution < -0.4 is 11.5 Å². The van der Waals surface area contributed by atoms with Crippen molar-refractivity contribution < 1.29 is 4.79 Å². The normalized spacial score (nSPS) is 13.6. The lowest BCUT2D eigenvalue weighted by molar-refractivity contribution is 0.112. The van der Waals surface area contributed by atoms with Gasteiger partial charge in [0.25, 0.3) is 0 Å². The number of carbonyl (C=O) groups is 1. The molecule has 0 aromatic carbocycles. The minimum Gasteiger partial charge on any atom is -0.329 e. The molecule has 27 heavy (non-hydrogen) atoms. The van der Waals surface area contributed by atoms with Crippen LogP contribution in [-0.4, -0.2) is 33.6 Å². The molecule has 142 valence electrons. The number of hydrogen-bond donors (Lipinski definition) is 2. The van der Waals surface area contributed by atoms with Crippen molar-refractivity contribution >= 4 is 17.6 Å². The monoisotopic (exact) mass is 383 g/mol. The average Bonchev–Trinajstić information content (AvgIpc) is 3.21. The number of hydrogen-bond acceptors (Lipinski definition) is 6. The standard InChI is InChI=1S/C12H12N2OS.C8H13N3/c1-8-6-13-14-4-2-3-11-10(12(8)14)5-9(7-15)16-11;9-5-8(10)4-7-2-1-3-11-6-7/h5-7H,2-4H2,1H3;1-3,6,8H,4-5,9-10H2. The van der Waals surface area contributed by atoms with E-state index >= 15 is 0 Å². The second kappa shape index (κ2) is 9.03. The van der Waals surface area contributed by atoms with Gasteiger partial charge in [0.2, 0.25) is 0 Å². The molecule has 4 heterocycles. The molecule has 1 aliphatic heterocycles. The quantitative estimate of drug-likeness (QED) is 0.675. The van der Waals surface area contributed by atoms with E-state index in [0.29, 0.717) is 6.54 Å². The highest BCUT2D eigenvalue weighted by Crippen LogP contribution is 2.35. The van der Waals surface area contributed by atoms with Crippen LogP contribution in [-0.2, 0) is 19.4 Å². The summed E-state index contributed by atoms with van der Waals surface area (Å²) in [6, 6.07) is 5.96.